The van der Waals surface area contributed by atoms with Crippen LogP contribution in [0.1, 0.15) is 16.2 Å². The van der Waals surface area contributed by atoms with Gasteiger partial charge in [-0.05, 0) is 24.3 Å². The Balaban J connectivity index is 1.42. The van der Waals surface area contributed by atoms with Crippen LogP contribution in [0.4, 0.5) is 23.2 Å². The minimum absolute atomic E-state index is 0.119. The minimum atomic E-state index is -4.89. The third-order valence-electron chi connectivity index (χ3n) is 5.45. The summed E-state index contributed by atoms with van der Waals surface area (Å²) in [5.41, 5.74) is -1.99. The molecule has 0 aliphatic carbocycles. The SMILES string of the molecule is Cn1c(=O)[nH]c2nccc(Oc3ccc(NC(=O)c4ncn(-c5ccccc5)c4C(F)(F)F)cc3F)c21. The van der Waals surface area contributed by atoms with Gasteiger partial charge in [-0.3, -0.25) is 18.9 Å². The first kappa shape index (κ1) is 23.8. The van der Waals surface area contributed by atoms with E-state index in [0.717, 1.165) is 17.0 Å². The van der Waals surface area contributed by atoms with Crippen LogP contribution in [0, 0.1) is 5.82 Å². The molecule has 0 saturated carbocycles. The number of rotatable bonds is 5. The van der Waals surface area contributed by atoms with Crippen LogP contribution in [0.2, 0.25) is 0 Å². The van der Waals surface area contributed by atoms with Crippen molar-refractivity contribution in [3.8, 4) is 17.2 Å². The molecule has 37 heavy (non-hydrogen) atoms. The molecule has 0 aliphatic heterocycles. The quantitative estimate of drug-likeness (QED) is 0.334. The van der Waals surface area contributed by atoms with Gasteiger partial charge < -0.3 is 10.1 Å². The minimum Gasteiger partial charge on any atom is -0.452 e. The number of pyridine rings is 1. The highest BCUT2D eigenvalue weighted by molar-refractivity contribution is 6.04. The van der Waals surface area contributed by atoms with Crippen molar-refractivity contribution in [1.82, 2.24) is 24.1 Å². The molecule has 2 N–H and O–H groups in total. The molecule has 3 heterocycles. The predicted molar refractivity (Wildman–Crippen MR) is 124 cm³/mol. The molecular formula is C24H16F4N6O3. The number of amides is 1. The molecule has 13 heteroatoms. The number of H-pyrrole nitrogens is 1. The second-order valence-electron chi connectivity index (χ2n) is 7.84. The molecule has 188 valence electrons. The summed E-state index contributed by atoms with van der Waals surface area (Å²) < 4.78 is 64.0. The van der Waals surface area contributed by atoms with Crippen LogP contribution in [-0.2, 0) is 13.2 Å². The molecule has 2 aromatic carbocycles. The number of aryl methyl sites for hydroxylation is 1. The summed E-state index contributed by atoms with van der Waals surface area (Å²) in [7, 11) is 1.49. The Labute approximate surface area is 205 Å². The third-order valence-corrected chi connectivity index (χ3v) is 5.45. The third kappa shape index (κ3) is 4.42. The molecule has 0 bridgehead atoms. The number of nitrogens with one attached hydrogen (secondary N) is 2. The standard InChI is InChI=1S/C24H16F4N6O3/c1-33-19-17(9-10-29-21(19)32-23(33)36)37-16-8-7-13(11-15(16)25)31-22(35)18-20(24(26,27)28)34(12-30-18)14-5-3-2-4-6-14/h2-12H,1H3,(H,31,35)(H,29,32,36). The van der Waals surface area contributed by atoms with Gasteiger partial charge in [0.2, 0.25) is 0 Å². The van der Waals surface area contributed by atoms with Gasteiger partial charge in [0.05, 0.1) is 0 Å². The lowest BCUT2D eigenvalue weighted by Crippen LogP contribution is -2.21. The van der Waals surface area contributed by atoms with Crippen molar-refractivity contribution in [2.45, 2.75) is 6.18 Å². The Kier molecular flexibility index (Phi) is 5.74. The molecular weight excluding hydrogens is 496 g/mol. The Morgan fingerprint density at radius 2 is 1.81 bits per heavy atom. The largest absolute Gasteiger partial charge is 0.452 e. The van der Waals surface area contributed by atoms with Crippen molar-refractivity contribution in [1.29, 1.82) is 0 Å². The molecule has 0 spiro atoms. The lowest BCUT2D eigenvalue weighted by atomic mass is 10.2. The molecule has 0 fully saturated rings. The van der Waals surface area contributed by atoms with Crippen LogP contribution in [0.3, 0.4) is 0 Å². The number of ether oxygens (including phenoxy) is 1. The van der Waals surface area contributed by atoms with Crippen LogP contribution in [0.25, 0.3) is 16.9 Å². The van der Waals surface area contributed by atoms with Crippen LogP contribution in [0.5, 0.6) is 11.5 Å². The van der Waals surface area contributed by atoms with Crippen molar-refractivity contribution in [3.05, 3.63) is 94.8 Å². The van der Waals surface area contributed by atoms with E-state index in [1.54, 1.807) is 18.2 Å². The molecule has 0 aliphatic rings. The van der Waals surface area contributed by atoms with Gasteiger partial charge >= 0.3 is 11.9 Å². The van der Waals surface area contributed by atoms with Crippen LogP contribution < -0.4 is 15.7 Å². The number of para-hydroxylation sites is 1. The average Bonchev–Trinajstić information content (AvgIpc) is 3.44. The fourth-order valence-corrected chi connectivity index (χ4v) is 3.76. The van der Waals surface area contributed by atoms with Crippen molar-refractivity contribution < 1.29 is 27.1 Å². The van der Waals surface area contributed by atoms with Gasteiger partial charge in [0.15, 0.2) is 34.4 Å². The summed E-state index contributed by atoms with van der Waals surface area (Å²) in [5, 5.41) is 2.24. The van der Waals surface area contributed by atoms with E-state index in [0.29, 0.717) is 5.52 Å². The summed E-state index contributed by atoms with van der Waals surface area (Å²) >= 11 is 0. The fourth-order valence-electron chi connectivity index (χ4n) is 3.76. The lowest BCUT2D eigenvalue weighted by molar-refractivity contribution is -0.142. The zero-order valence-electron chi connectivity index (χ0n) is 18.9. The number of anilines is 1. The zero-order valence-corrected chi connectivity index (χ0v) is 18.9. The molecule has 0 saturated heterocycles. The molecule has 5 aromatic rings. The van der Waals surface area contributed by atoms with Crippen LogP contribution in [0.15, 0.2) is 71.9 Å². The maximum Gasteiger partial charge on any atom is 0.434 e. The number of aromatic amines is 1. The summed E-state index contributed by atoms with van der Waals surface area (Å²) in [6.07, 6.45) is -2.63. The molecule has 5 rings (SSSR count). The number of carbonyl (C=O) groups is 1. The Hall–Kier alpha value is -4.94. The number of hydrogen-bond acceptors (Lipinski definition) is 5. The maximum absolute atomic E-state index is 14.8. The number of benzene rings is 2. The van der Waals surface area contributed by atoms with Crippen molar-refractivity contribution in [2.75, 3.05) is 5.32 Å². The van der Waals surface area contributed by atoms with Crippen molar-refractivity contribution >= 4 is 22.8 Å². The van der Waals surface area contributed by atoms with E-state index in [9.17, 15) is 27.2 Å². The lowest BCUT2D eigenvalue weighted by Gasteiger charge is -2.13. The van der Waals surface area contributed by atoms with Crippen LogP contribution in [-0.4, -0.2) is 30.0 Å². The van der Waals surface area contributed by atoms with E-state index in [4.69, 9.17) is 4.74 Å². The summed E-state index contributed by atoms with van der Waals surface area (Å²) in [4.78, 5) is 34.8. The fraction of sp³-hybridized carbons (Fsp3) is 0.0833. The first-order valence-corrected chi connectivity index (χ1v) is 10.7. The highest BCUT2D eigenvalue weighted by atomic mass is 19.4. The number of carbonyl (C=O) groups excluding carboxylic acids is 1. The van der Waals surface area contributed by atoms with Gasteiger partial charge in [0.1, 0.15) is 11.8 Å². The van der Waals surface area contributed by atoms with E-state index in [1.165, 1.54) is 48.1 Å². The van der Waals surface area contributed by atoms with Crippen LogP contribution >= 0.6 is 0 Å². The molecule has 0 atom stereocenters. The Morgan fingerprint density at radius 3 is 2.51 bits per heavy atom. The maximum atomic E-state index is 14.8. The van der Waals surface area contributed by atoms with Gasteiger partial charge in [-0.2, -0.15) is 13.2 Å². The van der Waals surface area contributed by atoms with E-state index in [2.05, 4.69) is 20.3 Å². The number of fused-ring (bicyclic) bond motifs is 1. The molecule has 3 aromatic heterocycles. The first-order valence-electron chi connectivity index (χ1n) is 10.7. The Morgan fingerprint density at radius 1 is 1.05 bits per heavy atom. The highest BCUT2D eigenvalue weighted by Crippen LogP contribution is 2.34. The number of nitrogens with zero attached hydrogens (tertiary/aromatic N) is 4. The van der Waals surface area contributed by atoms with E-state index >= 15 is 0 Å². The van der Waals surface area contributed by atoms with Gasteiger partial charge in [-0.25, -0.2) is 19.2 Å². The smallest absolute Gasteiger partial charge is 0.434 e. The van der Waals surface area contributed by atoms with Gasteiger partial charge in [0, 0.05) is 36.8 Å². The van der Waals surface area contributed by atoms with E-state index < -0.39 is 35.0 Å². The number of imidazole rings is 2. The average molecular weight is 512 g/mol. The molecule has 9 nitrogen and oxygen atoms in total. The highest BCUT2D eigenvalue weighted by Gasteiger charge is 2.40. The van der Waals surface area contributed by atoms with Crippen molar-refractivity contribution in [3.63, 3.8) is 0 Å². The number of hydrogen-bond donors (Lipinski definition) is 2. The Bertz CT molecular complexity index is 1690. The topological polar surface area (TPSA) is 107 Å². The van der Waals surface area contributed by atoms with E-state index in [1.807, 2.05) is 0 Å². The predicted octanol–water partition coefficient (Wildman–Crippen LogP) is 4.65. The molecule has 0 radical (unpaired) electrons. The summed E-state index contributed by atoms with van der Waals surface area (Å²) in [6.45, 7) is 0. The van der Waals surface area contributed by atoms with Gasteiger partial charge in [0.25, 0.3) is 5.91 Å². The van der Waals surface area contributed by atoms with E-state index in [-0.39, 0.29) is 28.5 Å². The monoisotopic (exact) mass is 512 g/mol. The summed E-state index contributed by atoms with van der Waals surface area (Å²) in [5.74, 6) is -2.19. The number of alkyl halides is 3. The second-order valence-corrected chi connectivity index (χ2v) is 7.84. The first-order chi connectivity index (χ1) is 17.6. The van der Waals surface area contributed by atoms with Gasteiger partial charge in [-0.1, -0.05) is 18.2 Å². The molecule has 0 unspecified atom stereocenters. The van der Waals surface area contributed by atoms with Gasteiger partial charge in [-0.15, -0.1) is 0 Å². The molecule has 1 amide bonds. The zero-order chi connectivity index (χ0) is 26.3. The number of halogens is 4. The number of aromatic nitrogens is 5. The van der Waals surface area contributed by atoms with Crippen molar-refractivity contribution in [2.24, 2.45) is 7.05 Å². The normalized spacial score (nSPS) is 11.6. The second kappa shape index (κ2) is 8.93. The summed E-state index contributed by atoms with van der Waals surface area (Å²) in [6, 6.07) is 12.4.